The average molecular weight is 169 g/mol. The lowest BCUT2D eigenvalue weighted by Gasteiger charge is -2.51. The minimum Gasteiger partial charge on any atom is -0.388 e. The number of hydrogen-bond acceptors (Lipinski definition) is 2. The summed E-state index contributed by atoms with van der Waals surface area (Å²) in [5.41, 5.74) is 5.51. The molecule has 3 N–H and O–H groups in total. The van der Waals surface area contributed by atoms with Crippen LogP contribution in [0.2, 0.25) is 0 Å². The fraction of sp³-hybridized carbons (Fsp3) is 1.00. The molecule has 2 fully saturated rings. The van der Waals surface area contributed by atoms with E-state index in [1.54, 1.807) is 0 Å². The van der Waals surface area contributed by atoms with Gasteiger partial charge < -0.3 is 10.8 Å². The van der Waals surface area contributed by atoms with Gasteiger partial charge in [-0.05, 0) is 25.7 Å². The number of rotatable bonds is 0. The monoisotopic (exact) mass is 169 g/mol. The van der Waals surface area contributed by atoms with Crippen LogP contribution in [0.15, 0.2) is 0 Å². The number of hydrogen-bond donors (Lipinski definition) is 2. The van der Waals surface area contributed by atoms with E-state index in [4.69, 9.17) is 5.73 Å². The second kappa shape index (κ2) is 2.71. The van der Waals surface area contributed by atoms with Crippen molar-refractivity contribution in [1.82, 2.24) is 0 Å². The molecule has 0 radical (unpaired) electrons. The van der Waals surface area contributed by atoms with Crippen molar-refractivity contribution in [3.05, 3.63) is 0 Å². The molecule has 0 aromatic rings. The fourth-order valence-electron chi connectivity index (χ4n) is 2.93. The maximum atomic E-state index is 10.3. The van der Waals surface area contributed by atoms with Gasteiger partial charge in [-0.1, -0.05) is 25.7 Å². The van der Waals surface area contributed by atoms with Crippen LogP contribution in [0.4, 0.5) is 0 Å². The Kier molecular flexibility index (Phi) is 1.92. The highest BCUT2D eigenvalue weighted by Gasteiger charge is 2.49. The molecule has 0 aliphatic heterocycles. The van der Waals surface area contributed by atoms with E-state index in [9.17, 15) is 5.11 Å². The van der Waals surface area contributed by atoms with Crippen LogP contribution >= 0.6 is 0 Å². The van der Waals surface area contributed by atoms with Gasteiger partial charge in [0, 0.05) is 5.54 Å². The zero-order valence-electron chi connectivity index (χ0n) is 7.68. The third-order valence-electron chi connectivity index (χ3n) is 3.85. The molecule has 2 aliphatic rings. The van der Waals surface area contributed by atoms with Gasteiger partial charge in [0.15, 0.2) is 0 Å². The van der Waals surface area contributed by atoms with Gasteiger partial charge in [0.05, 0.1) is 5.60 Å². The molecule has 0 heterocycles. The van der Waals surface area contributed by atoms with E-state index in [0.717, 1.165) is 38.5 Å². The maximum Gasteiger partial charge on any atom is 0.0826 e. The Bertz CT molecular complexity index is 147. The first-order chi connectivity index (χ1) is 5.66. The first-order valence-corrected chi connectivity index (χ1v) is 5.18. The minimum absolute atomic E-state index is 0.233. The van der Waals surface area contributed by atoms with Gasteiger partial charge >= 0.3 is 0 Å². The van der Waals surface area contributed by atoms with E-state index < -0.39 is 5.60 Å². The molecule has 0 amide bonds. The van der Waals surface area contributed by atoms with Crippen LogP contribution in [0.3, 0.4) is 0 Å². The van der Waals surface area contributed by atoms with E-state index in [1.165, 1.54) is 12.8 Å². The zero-order chi connectivity index (χ0) is 8.66. The third kappa shape index (κ3) is 1.09. The molecule has 2 heteroatoms. The van der Waals surface area contributed by atoms with Crippen LogP contribution in [0.5, 0.6) is 0 Å². The van der Waals surface area contributed by atoms with E-state index >= 15 is 0 Å². The molecule has 0 aromatic carbocycles. The molecule has 0 unspecified atom stereocenters. The normalized spacial score (nSPS) is 48.5. The Balaban J connectivity index is 2.20. The Morgan fingerprint density at radius 1 is 0.833 bits per heavy atom. The predicted molar refractivity (Wildman–Crippen MR) is 48.8 cm³/mol. The number of aliphatic hydroxyl groups is 1. The summed E-state index contributed by atoms with van der Waals surface area (Å²) in [5, 5.41) is 10.3. The maximum absolute atomic E-state index is 10.3. The fourth-order valence-corrected chi connectivity index (χ4v) is 2.93. The summed E-state index contributed by atoms with van der Waals surface area (Å²) in [6.45, 7) is 0. The van der Waals surface area contributed by atoms with Crippen molar-refractivity contribution in [1.29, 1.82) is 0 Å². The lowest BCUT2D eigenvalue weighted by Crippen LogP contribution is -2.63. The van der Waals surface area contributed by atoms with Crippen LogP contribution in [0, 0.1) is 0 Å². The summed E-state index contributed by atoms with van der Waals surface area (Å²) in [6.07, 6.45) is 8.67. The summed E-state index contributed by atoms with van der Waals surface area (Å²) < 4.78 is 0. The molecule has 2 aliphatic carbocycles. The lowest BCUT2D eigenvalue weighted by molar-refractivity contribution is -0.0915. The minimum atomic E-state index is -0.510. The second-order valence-corrected chi connectivity index (χ2v) is 4.60. The third-order valence-corrected chi connectivity index (χ3v) is 3.85. The van der Waals surface area contributed by atoms with Gasteiger partial charge in [-0.25, -0.2) is 0 Å². The Hall–Kier alpha value is -0.0800. The van der Waals surface area contributed by atoms with Crippen molar-refractivity contribution < 1.29 is 5.11 Å². The van der Waals surface area contributed by atoms with E-state index in [2.05, 4.69) is 0 Å². The number of fused-ring (bicyclic) bond motifs is 1. The highest BCUT2D eigenvalue weighted by atomic mass is 16.3. The quantitative estimate of drug-likeness (QED) is 0.578. The smallest absolute Gasteiger partial charge is 0.0826 e. The van der Waals surface area contributed by atoms with Gasteiger partial charge in [-0.2, -0.15) is 0 Å². The molecule has 0 bridgehead atoms. The molecule has 12 heavy (non-hydrogen) atoms. The van der Waals surface area contributed by atoms with Crippen molar-refractivity contribution >= 4 is 0 Å². The van der Waals surface area contributed by atoms with Crippen LogP contribution in [-0.4, -0.2) is 16.2 Å². The van der Waals surface area contributed by atoms with Crippen molar-refractivity contribution in [2.24, 2.45) is 5.73 Å². The van der Waals surface area contributed by atoms with Crippen LogP contribution in [0.25, 0.3) is 0 Å². The van der Waals surface area contributed by atoms with Gasteiger partial charge in [-0.3, -0.25) is 0 Å². The molecule has 70 valence electrons. The van der Waals surface area contributed by atoms with Gasteiger partial charge in [0.25, 0.3) is 0 Å². The SMILES string of the molecule is NC12CCCCC1(O)CCCC2. The second-order valence-electron chi connectivity index (χ2n) is 4.60. The first-order valence-electron chi connectivity index (χ1n) is 5.18. The van der Waals surface area contributed by atoms with Gasteiger partial charge in [0.2, 0.25) is 0 Å². The van der Waals surface area contributed by atoms with Crippen LogP contribution < -0.4 is 5.73 Å². The summed E-state index contributed by atoms with van der Waals surface area (Å²) in [7, 11) is 0. The molecule has 0 spiro atoms. The van der Waals surface area contributed by atoms with E-state index in [-0.39, 0.29) is 5.54 Å². The topological polar surface area (TPSA) is 46.2 Å². The van der Waals surface area contributed by atoms with Crippen molar-refractivity contribution in [3.8, 4) is 0 Å². The van der Waals surface area contributed by atoms with Crippen molar-refractivity contribution in [2.45, 2.75) is 62.5 Å². The van der Waals surface area contributed by atoms with E-state index in [1.807, 2.05) is 0 Å². The van der Waals surface area contributed by atoms with Crippen LogP contribution in [0.1, 0.15) is 51.4 Å². The van der Waals surface area contributed by atoms with Gasteiger partial charge in [0.1, 0.15) is 0 Å². The molecule has 0 atom stereocenters. The number of nitrogens with two attached hydrogens (primary N) is 1. The highest BCUT2D eigenvalue weighted by molar-refractivity contribution is 5.07. The van der Waals surface area contributed by atoms with Crippen LogP contribution in [-0.2, 0) is 0 Å². The standard InChI is InChI=1S/C10H19NO/c11-9-5-1-3-7-10(9,12)8-4-2-6-9/h12H,1-8,11H2. The highest BCUT2D eigenvalue weighted by Crippen LogP contribution is 2.45. The molecule has 0 aromatic heterocycles. The van der Waals surface area contributed by atoms with Crippen molar-refractivity contribution in [2.75, 3.05) is 0 Å². The Morgan fingerprint density at radius 2 is 1.25 bits per heavy atom. The average Bonchev–Trinajstić information content (AvgIpc) is 2.05. The molecular formula is C10H19NO. The Labute approximate surface area is 74.1 Å². The van der Waals surface area contributed by atoms with Crippen molar-refractivity contribution in [3.63, 3.8) is 0 Å². The summed E-state index contributed by atoms with van der Waals surface area (Å²) in [6, 6.07) is 0. The largest absolute Gasteiger partial charge is 0.388 e. The predicted octanol–water partition coefficient (Wildman–Crippen LogP) is 1.56. The Morgan fingerprint density at radius 3 is 1.67 bits per heavy atom. The van der Waals surface area contributed by atoms with Gasteiger partial charge in [-0.15, -0.1) is 0 Å². The molecule has 0 saturated heterocycles. The first kappa shape index (κ1) is 8.52. The molecular weight excluding hydrogens is 150 g/mol. The molecule has 2 saturated carbocycles. The molecule has 2 nitrogen and oxygen atoms in total. The molecule has 2 rings (SSSR count). The van der Waals surface area contributed by atoms with E-state index in [0.29, 0.717) is 0 Å². The summed E-state index contributed by atoms with van der Waals surface area (Å²) in [4.78, 5) is 0. The lowest BCUT2D eigenvalue weighted by atomic mass is 9.62. The summed E-state index contributed by atoms with van der Waals surface area (Å²) in [5.74, 6) is 0. The summed E-state index contributed by atoms with van der Waals surface area (Å²) >= 11 is 0. The zero-order valence-corrected chi connectivity index (χ0v) is 7.68.